The Morgan fingerprint density at radius 1 is 1.29 bits per heavy atom. The third kappa shape index (κ3) is 4.09. The standard InChI is InChI=1S/C15H27N3O3/c1-12-6-2-3-10-18(12)11-5-9-16-14(21)17-15(13(19)20)7-4-8-15/h12H,2-11H2,1H3,(H,19,20)(H2,16,17,21). The van der Waals surface area contributed by atoms with Crippen LogP contribution in [0.1, 0.15) is 51.9 Å². The summed E-state index contributed by atoms with van der Waals surface area (Å²) < 4.78 is 0. The smallest absolute Gasteiger partial charge is 0.329 e. The molecule has 2 rings (SSSR count). The summed E-state index contributed by atoms with van der Waals surface area (Å²) in [6.45, 7) is 4.98. The Labute approximate surface area is 126 Å². The molecule has 6 nitrogen and oxygen atoms in total. The van der Waals surface area contributed by atoms with Gasteiger partial charge in [0.25, 0.3) is 0 Å². The van der Waals surface area contributed by atoms with Gasteiger partial charge in [-0.1, -0.05) is 6.42 Å². The number of hydrogen-bond donors (Lipinski definition) is 3. The van der Waals surface area contributed by atoms with Crippen LogP contribution in [-0.4, -0.2) is 53.2 Å². The summed E-state index contributed by atoms with van der Waals surface area (Å²) in [5.74, 6) is -0.925. The van der Waals surface area contributed by atoms with E-state index < -0.39 is 11.5 Å². The molecule has 0 radical (unpaired) electrons. The maximum Gasteiger partial charge on any atom is 0.329 e. The number of nitrogens with zero attached hydrogens (tertiary/aromatic N) is 1. The molecule has 2 fully saturated rings. The summed E-state index contributed by atoms with van der Waals surface area (Å²) in [6, 6.07) is 0.279. The summed E-state index contributed by atoms with van der Waals surface area (Å²) in [5.41, 5.74) is -1.02. The number of piperidine rings is 1. The molecule has 6 heteroatoms. The molecule has 21 heavy (non-hydrogen) atoms. The largest absolute Gasteiger partial charge is 0.480 e. The summed E-state index contributed by atoms with van der Waals surface area (Å²) in [5, 5.41) is 14.5. The molecule has 2 aliphatic rings. The highest BCUT2D eigenvalue weighted by Gasteiger charge is 2.45. The van der Waals surface area contributed by atoms with E-state index in [1.165, 1.54) is 19.3 Å². The van der Waals surface area contributed by atoms with Crippen LogP contribution in [0, 0.1) is 0 Å². The molecule has 120 valence electrons. The van der Waals surface area contributed by atoms with E-state index in [1.807, 2.05) is 0 Å². The molecule has 1 aliphatic heterocycles. The van der Waals surface area contributed by atoms with Gasteiger partial charge >= 0.3 is 12.0 Å². The Kier molecular flexibility index (Phi) is 5.45. The van der Waals surface area contributed by atoms with Gasteiger partial charge in [-0.3, -0.25) is 0 Å². The second kappa shape index (κ2) is 7.11. The van der Waals surface area contributed by atoms with Crippen molar-refractivity contribution >= 4 is 12.0 Å². The van der Waals surface area contributed by atoms with E-state index in [-0.39, 0.29) is 6.03 Å². The number of amides is 2. The highest BCUT2D eigenvalue weighted by molar-refractivity contribution is 5.87. The number of carbonyl (C=O) groups is 2. The number of carbonyl (C=O) groups excluding carboxylic acids is 1. The fourth-order valence-corrected chi connectivity index (χ4v) is 3.16. The van der Waals surface area contributed by atoms with Gasteiger partial charge in [-0.25, -0.2) is 9.59 Å². The van der Waals surface area contributed by atoms with Crippen molar-refractivity contribution < 1.29 is 14.7 Å². The number of carboxylic acids is 1. The summed E-state index contributed by atoms with van der Waals surface area (Å²) in [6.07, 6.45) is 6.66. The van der Waals surface area contributed by atoms with Gasteiger partial charge in [0.15, 0.2) is 0 Å². The van der Waals surface area contributed by atoms with Crippen LogP contribution in [0.3, 0.4) is 0 Å². The number of hydrogen-bond acceptors (Lipinski definition) is 3. The first-order valence-corrected chi connectivity index (χ1v) is 8.07. The molecule has 0 spiro atoms. The van der Waals surface area contributed by atoms with Crippen LogP contribution in [0.5, 0.6) is 0 Å². The second-order valence-electron chi connectivity index (χ2n) is 6.36. The van der Waals surface area contributed by atoms with Crippen molar-refractivity contribution in [1.29, 1.82) is 0 Å². The molecule has 1 saturated carbocycles. The lowest BCUT2D eigenvalue weighted by atomic mass is 9.77. The number of aliphatic carboxylic acids is 1. The van der Waals surface area contributed by atoms with Crippen molar-refractivity contribution in [2.75, 3.05) is 19.6 Å². The fourth-order valence-electron chi connectivity index (χ4n) is 3.16. The molecule has 0 aromatic rings. The van der Waals surface area contributed by atoms with E-state index in [2.05, 4.69) is 22.5 Å². The molecule has 1 aliphatic carbocycles. The van der Waals surface area contributed by atoms with Gasteiger partial charge in [0, 0.05) is 19.1 Å². The Balaban J connectivity index is 1.62. The van der Waals surface area contributed by atoms with Crippen LogP contribution in [0.4, 0.5) is 4.79 Å². The number of nitrogens with one attached hydrogen (secondary N) is 2. The Morgan fingerprint density at radius 2 is 2.05 bits per heavy atom. The molecule has 0 aromatic carbocycles. The highest BCUT2D eigenvalue weighted by atomic mass is 16.4. The molecule has 1 heterocycles. The van der Waals surface area contributed by atoms with Gasteiger partial charge in [0.1, 0.15) is 5.54 Å². The number of rotatable bonds is 6. The van der Waals surface area contributed by atoms with Crippen molar-refractivity contribution in [2.24, 2.45) is 0 Å². The van der Waals surface area contributed by atoms with Crippen molar-refractivity contribution in [2.45, 2.75) is 63.5 Å². The van der Waals surface area contributed by atoms with Gasteiger partial charge in [-0.15, -0.1) is 0 Å². The van der Waals surface area contributed by atoms with Gasteiger partial charge in [0.2, 0.25) is 0 Å². The summed E-state index contributed by atoms with van der Waals surface area (Å²) >= 11 is 0. The maximum atomic E-state index is 11.8. The van der Waals surface area contributed by atoms with Crippen molar-refractivity contribution in [1.82, 2.24) is 15.5 Å². The Morgan fingerprint density at radius 3 is 2.62 bits per heavy atom. The minimum Gasteiger partial charge on any atom is -0.480 e. The molecule has 1 saturated heterocycles. The Bertz CT molecular complexity index is 382. The van der Waals surface area contributed by atoms with E-state index in [4.69, 9.17) is 5.11 Å². The predicted molar refractivity (Wildman–Crippen MR) is 80.3 cm³/mol. The van der Waals surface area contributed by atoms with Crippen LogP contribution < -0.4 is 10.6 Å². The molecule has 3 N–H and O–H groups in total. The van der Waals surface area contributed by atoms with E-state index in [9.17, 15) is 9.59 Å². The quantitative estimate of drug-likeness (QED) is 0.650. The van der Waals surface area contributed by atoms with Crippen molar-refractivity contribution in [3.05, 3.63) is 0 Å². The van der Waals surface area contributed by atoms with Crippen molar-refractivity contribution in [3.63, 3.8) is 0 Å². The number of urea groups is 1. The first-order chi connectivity index (χ1) is 10.0. The predicted octanol–water partition coefficient (Wildman–Crippen LogP) is 1.56. The third-order valence-electron chi connectivity index (χ3n) is 4.82. The minimum absolute atomic E-state index is 0.358. The van der Waals surface area contributed by atoms with Crippen LogP contribution in [-0.2, 0) is 4.79 Å². The van der Waals surface area contributed by atoms with E-state index in [0.29, 0.717) is 25.4 Å². The Hall–Kier alpha value is -1.30. The average Bonchev–Trinajstić information content (AvgIpc) is 2.40. The molecule has 1 atom stereocenters. The van der Waals surface area contributed by atoms with E-state index >= 15 is 0 Å². The SMILES string of the molecule is CC1CCCCN1CCCNC(=O)NC1(C(=O)O)CCC1. The number of likely N-dealkylation sites (tertiary alicyclic amines) is 1. The van der Waals surface area contributed by atoms with E-state index in [1.54, 1.807) is 0 Å². The fraction of sp³-hybridized carbons (Fsp3) is 0.867. The minimum atomic E-state index is -1.02. The monoisotopic (exact) mass is 297 g/mol. The maximum absolute atomic E-state index is 11.8. The van der Waals surface area contributed by atoms with Gasteiger partial charge in [0.05, 0.1) is 0 Å². The normalized spacial score (nSPS) is 24.9. The lowest BCUT2D eigenvalue weighted by Gasteiger charge is -2.38. The third-order valence-corrected chi connectivity index (χ3v) is 4.82. The van der Waals surface area contributed by atoms with Crippen LogP contribution in [0.2, 0.25) is 0 Å². The lowest BCUT2D eigenvalue weighted by Crippen LogP contribution is -2.61. The highest BCUT2D eigenvalue weighted by Crippen LogP contribution is 2.31. The molecule has 0 aromatic heterocycles. The lowest BCUT2D eigenvalue weighted by molar-refractivity contribution is -0.148. The average molecular weight is 297 g/mol. The molecule has 1 unspecified atom stereocenters. The van der Waals surface area contributed by atoms with Gasteiger partial charge in [-0.2, -0.15) is 0 Å². The molecule has 0 bridgehead atoms. The van der Waals surface area contributed by atoms with Crippen LogP contribution >= 0.6 is 0 Å². The molecule has 2 amide bonds. The zero-order valence-electron chi connectivity index (χ0n) is 12.9. The topological polar surface area (TPSA) is 81.7 Å². The van der Waals surface area contributed by atoms with E-state index in [0.717, 1.165) is 25.9 Å². The number of carboxylic acid groups (broad SMARTS) is 1. The zero-order chi connectivity index (χ0) is 15.3. The summed E-state index contributed by atoms with van der Waals surface area (Å²) in [7, 11) is 0. The first-order valence-electron chi connectivity index (χ1n) is 8.07. The molecular weight excluding hydrogens is 270 g/mol. The van der Waals surface area contributed by atoms with Gasteiger partial charge in [-0.05, 0) is 52.0 Å². The van der Waals surface area contributed by atoms with Gasteiger partial charge < -0.3 is 20.6 Å². The first kappa shape index (κ1) is 16.1. The van der Waals surface area contributed by atoms with Crippen LogP contribution in [0.15, 0.2) is 0 Å². The van der Waals surface area contributed by atoms with Crippen LogP contribution in [0.25, 0.3) is 0 Å². The molecular formula is C15H27N3O3. The second-order valence-corrected chi connectivity index (χ2v) is 6.36. The van der Waals surface area contributed by atoms with Crippen molar-refractivity contribution in [3.8, 4) is 0 Å². The zero-order valence-corrected chi connectivity index (χ0v) is 12.9. The summed E-state index contributed by atoms with van der Waals surface area (Å²) in [4.78, 5) is 25.4.